The van der Waals surface area contributed by atoms with Gasteiger partial charge in [0.25, 0.3) is 0 Å². The van der Waals surface area contributed by atoms with Crippen molar-refractivity contribution in [3.05, 3.63) is 35.9 Å². The molecule has 1 atom stereocenters. The summed E-state index contributed by atoms with van der Waals surface area (Å²) in [6.45, 7) is 4.56. The number of nitrogens with zero attached hydrogens (tertiary/aromatic N) is 2. The van der Waals surface area contributed by atoms with Crippen LogP contribution in [0.4, 0.5) is 0 Å². The summed E-state index contributed by atoms with van der Waals surface area (Å²) in [6.07, 6.45) is 2.45. The molecule has 2 saturated heterocycles. The first-order valence-corrected chi connectivity index (χ1v) is 8.54. The number of amides is 2. The Morgan fingerprint density at radius 1 is 1.17 bits per heavy atom. The second-order valence-corrected chi connectivity index (χ2v) is 6.49. The maximum Gasteiger partial charge on any atom is 0.227 e. The third kappa shape index (κ3) is 4.32. The molecule has 0 aromatic heterocycles. The van der Waals surface area contributed by atoms with Crippen LogP contribution in [0.5, 0.6) is 0 Å². The Bertz CT molecular complexity index is 546. The van der Waals surface area contributed by atoms with Crippen LogP contribution in [-0.2, 0) is 16.1 Å². The maximum atomic E-state index is 12.8. The highest BCUT2D eigenvalue weighted by atomic mass is 16.2. The molecule has 1 aromatic carbocycles. The quantitative estimate of drug-likeness (QED) is 0.913. The normalized spacial score (nSPS) is 23.2. The van der Waals surface area contributed by atoms with Gasteiger partial charge in [0.15, 0.2) is 0 Å². The fourth-order valence-corrected chi connectivity index (χ4v) is 3.49. The number of carbonyl (C=O) groups is 2. The van der Waals surface area contributed by atoms with Crippen molar-refractivity contribution in [2.75, 3.05) is 32.7 Å². The fourth-order valence-electron chi connectivity index (χ4n) is 3.49. The Morgan fingerprint density at radius 2 is 2.00 bits per heavy atom. The smallest absolute Gasteiger partial charge is 0.227 e. The van der Waals surface area contributed by atoms with Crippen molar-refractivity contribution < 1.29 is 9.59 Å². The predicted octanol–water partition coefficient (Wildman–Crippen LogP) is 1.25. The lowest BCUT2D eigenvalue weighted by Crippen LogP contribution is -2.45. The average molecular weight is 315 g/mol. The zero-order valence-corrected chi connectivity index (χ0v) is 13.5. The second-order valence-electron chi connectivity index (χ2n) is 6.49. The molecule has 0 bridgehead atoms. The Kier molecular flexibility index (Phi) is 5.28. The highest BCUT2D eigenvalue weighted by molar-refractivity contribution is 5.81. The van der Waals surface area contributed by atoms with Gasteiger partial charge in [-0.15, -0.1) is 0 Å². The molecular formula is C18H25N3O2. The number of nitrogens with one attached hydrogen (secondary N) is 1. The van der Waals surface area contributed by atoms with E-state index >= 15 is 0 Å². The van der Waals surface area contributed by atoms with E-state index in [1.807, 2.05) is 11.0 Å². The standard InChI is InChI=1S/C18H25N3O2/c22-17-8-11-21(12-9-19-17)18(23)16-7-4-10-20(14-16)13-15-5-2-1-3-6-15/h1-3,5-6,16H,4,7-14H2,(H,19,22)/t16-/m0/s1. The number of piperidine rings is 1. The van der Waals surface area contributed by atoms with E-state index in [4.69, 9.17) is 0 Å². The van der Waals surface area contributed by atoms with Gasteiger partial charge < -0.3 is 10.2 Å². The van der Waals surface area contributed by atoms with Crippen molar-refractivity contribution in [3.63, 3.8) is 0 Å². The molecule has 0 radical (unpaired) electrons. The summed E-state index contributed by atoms with van der Waals surface area (Å²) in [7, 11) is 0. The Hall–Kier alpha value is -1.88. The minimum absolute atomic E-state index is 0.0506. The zero-order chi connectivity index (χ0) is 16.1. The summed E-state index contributed by atoms with van der Waals surface area (Å²) < 4.78 is 0. The van der Waals surface area contributed by atoms with Gasteiger partial charge in [-0.25, -0.2) is 0 Å². The van der Waals surface area contributed by atoms with Crippen LogP contribution in [0.25, 0.3) is 0 Å². The van der Waals surface area contributed by atoms with Crippen molar-refractivity contribution in [2.24, 2.45) is 5.92 Å². The van der Waals surface area contributed by atoms with Crippen molar-refractivity contribution in [1.82, 2.24) is 15.1 Å². The van der Waals surface area contributed by atoms with Gasteiger partial charge >= 0.3 is 0 Å². The molecule has 5 heteroatoms. The number of hydrogen-bond acceptors (Lipinski definition) is 3. The van der Waals surface area contributed by atoms with E-state index < -0.39 is 0 Å². The van der Waals surface area contributed by atoms with Crippen LogP contribution in [0.15, 0.2) is 30.3 Å². The van der Waals surface area contributed by atoms with E-state index in [2.05, 4.69) is 34.5 Å². The van der Waals surface area contributed by atoms with Gasteiger partial charge in [0, 0.05) is 39.1 Å². The number of likely N-dealkylation sites (tertiary alicyclic amines) is 1. The minimum Gasteiger partial charge on any atom is -0.354 e. The summed E-state index contributed by atoms with van der Waals surface area (Å²) in [5.74, 6) is 0.342. The van der Waals surface area contributed by atoms with Crippen molar-refractivity contribution in [3.8, 4) is 0 Å². The largest absolute Gasteiger partial charge is 0.354 e. The highest BCUT2D eigenvalue weighted by Crippen LogP contribution is 2.21. The molecule has 1 N–H and O–H groups in total. The maximum absolute atomic E-state index is 12.8. The van der Waals surface area contributed by atoms with Gasteiger partial charge in [-0.3, -0.25) is 14.5 Å². The molecule has 124 valence electrons. The van der Waals surface area contributed by atoms with E-state index in [-0.39, 0.29) is 17.7 Å². The van der Waals surface area contributed by atoms with Gasteiger partial charge in [-0.1, -0.05) is 30.3 Å². The molecule has 5 nitrogen and oxygen atoms in total. The molecule has 0 saturated carbocycles. The lowest BCUT2D eigenvalue weighted by atomic mass is 9.96. The summed E-state index contributed by atoms with van der Waals surface area (Å²) >= 11 is 0. The molecule has 3 rings (SSSR count). The van der Waals surface area contributed by atoms with Crippen LogP contribution < -0.4 is 5.32 Å². The second kappa shape index (κ2) is 7.59. The van der Waals surface area contributed by atoms with Gasteiger partial charge in [-0.2, -0.15) is 0 Å². The first-order chi connectivity index (χ1) is 11.2. The summed E-state index contributed by atoms with van der Waals surface area (Å²) in [4.78, 5) is 28.4. The number of carbonyl (C=O) groups excluding carboxylic acids is 2. The third-order valence-corrected chi connectivity index (χ3v) is 4.73. The number of hydrogen-bond donors (Lipinski definition) is 1. The van der Waals surface area contributed by atoms with Crippen LogP contribution in [0.1, 0.15) is 24.8 Å². The third-order valence-electron chi connectivity index (χ3n) is 4.73. The lowest BCUT2D eigenvalue weighted by molar-refractivity contribution is -0.137. The molecule has 0 unspecified atom stereocenters. The molecule has 2 heterocycles. The van der Waals surface area contributed by atoms with Crippen LogP contribution in [0.2, 0.25) is 0 Å². The summed E-state index contributed by atoms with van der Waals surface area (Å²) in [6, 6.07) is 10.4. The SMILES string of the molecule is O=C1CCN(C(=O)[C@H]2CCCN(Cc3ccccc3)C2)CCN1. The Labute approximate surface area is 137 Å². The van der Waals surface area contributed by atoms with Crippen LogP contribution in [0.3, 0.4) is 0 Å². The van der Waals surface area contributed by atoms with E-state index in [1.165, 1.54) is 5.56 Å². The molecule has 2 fully saturated rings. The van der Waals surface area contributed by atoms with Gasteiger partial charge in [0.1, 0.15) is 0 Å². The van der Waals surface area contributed by atoms with Crippen LogP contribution in [-0.4, -0.2) is 54.3 Å². The monoisotopic (exact) mass is 315 g/mol. The van der Waals surface area contributed by atoms with E-state index in [0.29, 0.717) is 26.1 Å². The molecule has 23 heavy (non-hydrogen) atoms. The Balaban J connectivity index is 1.57. The van der Waals surface area contributed by atoms with Gasteiger partial charge in [-0.05, 0) is 24.9 Å². The van der Waals surface area contributed by atoms with Gasteiger partial charge in [0.05, 0.1) is 5.92 Å². The molecule has 2 aliphatic heterocycles. The highest BCUT2D eigenvalue weighted by Gasteiger charge is 2.30. The average Bonchev–Trinajstić information content (AvgIpc) is 2.80. The van der Waals surface area contributed by atoms with E-state index in [0.717, 1.165) is 32.5 Å². The lowest BCUT2D eigenvalue weighted by Gasteiger charge is -2.34. The predicted molar refractivity (Wildman–Crippen MR) is 88.6 cm³/mol. The minimum atomic E-state index is 0.0506. The summed E-state index contributed by atoms with van der Waals surface area (Å²) in [5, 5.41) is 2.83. The molecular weight excluding hydrogens is 290 g/mol. The first-order valence-electron chi connectivity index (χ1n) is 8.54. The zero-order valence-electron chi connectivity index (χ0n) is 13.5. The topological polar surface area (TPSA) is 52.7 Å². The molecule has 0 aliphatic carbocycles. The molecule has 2 aliphatic rings. The molecule has 0 spiro atoms. The van der Waals surface area contributed by atoms with E-state index in [1.54, 1.807) is 0 Å². The number of rotatable bonds is 3. The Morgan fingerprint density at radius 3 is 2.83 bits per heavy atom. The first kappa shape index (κ1) is 16.0. The molecule has 2 amide bonds. The molecule has 1 aromatic rings. The van der Waals surface area contributed by atoms with Crippen LogP contribution in [0, 0.1) is 5.92 Å². The van der Waals surface area contributed by atoms with Crippen LogP contribution >= 0.6 is 0 Å². The fraction of sp³-hybridized carbons (Fsp3) is 0.556. The van der Waals surface area contributed by atoms with Gasteiger partial charge in [0.2, 0.25) is 11.8 Å². The number of benzene rings is 1. The van der Waals surface area contributed by atoms with Crippen molar-refractivity contribution in [1.29, 1.82) is 0 Å². The van der Waals surface area contributed by atoms with Crippen molar-refractivity contribution in [2.45, 2.75) is 25.8 Å². The van der Waals surface area contributed by atoms with E-state index in [9.17, 15) is 9.59 Å². The van der Waals surface area contributed by atoms with Crippen molar-refractivity contribution >= 4 is 11.8 Å². The summed E-state index contributed by atoms with van der Waals surface area (Å²) in [5.41, 5.74) is 1.30.